The van der Waals surface area contributed by atoms with Crippen LogP contribution in [0, 0.1) is 0 Å². The van der Waals surface area contributed by atoms with Gasteiger partial charge in [0.25, 0.3) is 0 Å². The Morgan fingerprint density at radius 3 is 1.16 bits per heavy atom. The van der Waals surface area contributed by atoms with E-state index in [2.05, 4.69) is 205 Å². The Labute approximate surface area is 293 Å². The van der Waals surface area contributed by atoms with Crippen LogP contribution < -0.4 is 4.90 Å². The lowest BCUT2D eigenvalue weighted by molar-refractivity contribution is 0.791. The molecule has 10 rings (SSSR count). The Kier molecular flexibility index (Phi) is 6.47. The van der Waals surface area contributed by atoms with E-state index in [0.717, 1.165) is 11.4 Å². The van der Waals surface area contributed by atoms with E-state index in [1.54, 1.807) is 0 Å². The van der Waals surface area contributed by atoms with Crippen molar-refractivity contribution in [2.45, 2.75) is 5.41 Å². The smallest absolute Gasteiger partial charge is 0.0745 e. The molecule has 2 aliphatic rings. The Morgan fingerprint density at radius 1 is 0.280 bits per heavy atom. The van der Waals surface area contributed by atoms with Gasteiger partial charge in [0.1, 0.15) is 0 Å². The molecular weight excluding hydrogens is 603 g/mol. The van der Waals surface area contributed by atoms with Gasteiger partial charge in [-0.3, -0.25) is 0 Å². The van der Waals surface area contributed by atoms with E-state index in [1.807, 2.05) is 0 Å². The topological polar surface area (TPSA) is 3.24 Å². The van der Waals surface area contributed by atoms with Crippen LogP contribution in [0.3, 0.4) is 0 Å². The van der Waals surface area contributed by atoms with Crippen molar-refractivity contribution in [3.63, 3.8) is 0 Å². The Bertz CT molecular complexity index is 2360. The minimum atomic E-state index is -0.456. The van der Waals surface area contributed by atoms with Gasteiger partial charge in [-0.15, -0.1) is 0 Å². The number of anilines is 3. The van der Waals surface area contributed by atoms with Crippen molar-refractivity contribution in [2.75, 3.05) is 4.90 Å². The first-order chi connectivity index (χ1) is 24.8. The van der Waals surface area contributed by atoms with Crippen LogP contribution in [-0.4, -0.2) is 0 Å². The van der Waals surface area contributed by atoms with Gasteiger partial charge >= 0.3 is 0 Å². The molecule has 1 heteroatoms. The maximum Gasteiger partial charge on any atom is 0.0745 e. The molecule has 0 N–H and O–H groups in total. The van der Waals surface area contributed by atoms with Crippen LogP contribution in [0.15, 0.2) is 200 Å². The van der Waals surface area contributed by atoms with Crippen molar-refractivity contribution in [3.05, 3.63) is 222 Å². The van der Waals surface area contributed by atoms with Crippen molar-refractivity contribution < 1.29 is 0 Å². The van der Waals surface area contributed by atoms with Gasteiger partial charge in [0.15, 0.2) is 0 Å². The summed E-state index contributed by atoms with van der Waals surface area (Å²) in [6.07, 6.45) is 0. The van der Waals surface area contributed by atoms with Gasteiger partial charge in [-0.05, 0) is 97.1 Å². The molecule has 2 aliphatic carbocycles. The van der Waals surface area contributed by atoms with Crippen molar-refractivity contribution >= 4 is 17.1 Å². The molecule has 1 nitrogen and oxygen atoms in total. The molecule has 0 spiro atoms. The van der Waals surface area contributed by atoms with Crippen molar-refractivity contribution in [3.8, 4) is 44.5 Å². The second-order valence-corrected chi connectivity index (χ2v) is 13.2. The number of hydrogen-bond acceptors (Lipinski definition) is 1. The zero-order chi connectivity index (χ0) is 33.1. The van der Waals surface area contributed by atoms with Crippen molar-refractivity contribution in [1.29, 1.82) is 0 Å². The van der Waals surface area contributed by atoms with E-state index >= 15 is 0 Å². The fourth-order valence-corrected chi connectivity index (χ4v) is 8.61. The molecule has 0 aliphatic heterocycles. The van der Waals surface area contributed by atoms with Gasteiger partial charge in [-0.1, -0.05) is 170 Å². The van der Waals surface area contributed by atoms with Crippen LogP contribution in [0.4, 0.5) is 17.1 Å². The number of nitrogens with zero attached hydrogens (tertiary/aromatic N) is 1. The van der Waals surface area contributed by atoms with Gasteiger partial charge in [-0.2, -0.15) is 0 Å². The van der Waals surface area contributed by atoms with Gasteiger partial charge in [0.05, 0.1) is 11.1 Å². The zero-order valence-corrected chi connectivity index (χ0v) is 27.5. The van der Waals surface area contributed by atoms with E-state index in [9.17, 15) is 0 Å². The van der Waals surface area contributed by atoms with Crippen LogP contribution in [0.25, 0.3) is 44.5 Å². The minimum Gasteiger partial charge on any atom is -0.310 e. The SMILES string of the molecule is c1ccc(-c2ccc(N(c3ccc(-c4ccccc4)cc3)c3ccccc3C34c5ccccc5-c5cccc(c53)-c3ccccc34)cc2)cc1. The molecular formula is C49H33N. The molecule has 0 fully saturated rings. The first-order valence-electron chi connectivity index (χ1n) is 17.4. The number of rotatable bonds is 6. The van der Waals surface area contributed by atoms with Crippen LogP contribution in [0.2, 0.25) is 0 Å². The average molecular weight is 636 g/mol. The number of fused-ring (bicyclic) bond motifs is 6. The Balaban J connectivity index is 1.23. The standard InChI is InChI=1S/C49H33N/c1-3-14-34(15-4-1)36-26-30-38(31-27-36)50(39-32-28-37(29-33-39)35-16-5-2-6-17-35)47-25-12-11-24-46(47)49-44-22-9-7-18-40(44)42-20-13-21-43(48(42)49)41-19-8-10-23-45(41)49/h1-33H. The largest absolute Gasteiger partial charge is 0.310 e. The fraction of sp³-hybridized carbons (Fsp3) is 0.0204. The molecule has 0 radical (unpaired) electrons. The maximum absolute atomic E-state index is 2.46. The summed E-state index contributed by atoms with van der Waals surface area (Å²) in [4.78, 5) is 2.46. The van der Waals surface area contributed by atoms with Gasteiger partial charge in [0, 0.05) is 11.4 Å². The van der Waals surface area contributed by atoms with E-state index in [0.29, 0.717) is 0 Å². The molecule has 8 aromatic rings. The summed E-state index contributed by atoms with van der Waals surface area (Å²) in [5.74, 6) is 0. The van der Waals surface area contributed by atoms with E-state index in [-0.39, 0.29) is 0 Å². The van der Waals surface area contributed by atoms with Crippen molar-refractivity contribution in [2.24, 2.45) is 0 Å². The number of benzene rings is 8. The molecule has 0 heterocycles. The lowest BCUT2D eigenvalue weighted by Gasteiger charge is -2.36. The Hall–Kier alpha value is -6.44. The van der Waals surface area contributed by atoms with Gasteiger partial charge in [-0.25, -0.2) is 0 Å². The third-order valence-electron chi connectivity index (χ3n) is 10.7. The highest BCUT2D eigenvalue weighted by molar-refractivity contribution is 6.00. The minimum absolute atomic E-state index is 0.456. The van der Waals surface area contributed by atoms with E-state index in [1.165, 1.54) is 72.4 Å². The highest BCUT2D eigenvalue weighted by atomic mass is 15.1. The van der Waals surface area contributed by atoms with Crippen LogP contribution in [0.1, 0.15) is 22.3 Å². The molecule has 0 bridgehead atoms. The summed E-state index contributed by atoms with van der Waals surface area (Å²) in [6, 6.07) is 73.3. The summed E-state index contributed by atoms with van der Waals surface area (Å²) < 4.78 is 0. The summed E-state index contributed by atoms with van der Waals surface area (Å²) in [6.45, 7) is 0. The normalized spacial score (nSPS) is 13.0. The van der Waals surface area contributed by atoms with Crippen molar-refractivity contribution in [1.82, 2.24) is 0 Å². The second-order valence-electron chi connectivity index (χ2n) is 13.2. The van der Waals surface area contributed by atoms with Crippen LogP contribution in [0.5, 0.6) is 0 Å². The predicted octanol–water partition coefficient (Wildman–Crippen LogP) is 12.8. The lowest BCUT2D eigenvalue weighted by atomic mass is 9.69. The molecule has 8 aromatic carbocycles. The maximum atomic E-state index is 2.46. The average Bonchev–Trinajstić information content (AvgIpc) is 3.68. The quantitative estimate of drug-likeness (QED) is 0.176. The summed E-state index contributed by atoms with van der Waals surface area (Å²) in [5.41, 5.74) is 18.4. The Morgan fingerprint density at radius 2 is 0.660 bits per heavy atom. The monoisotopic (exact) mass is 635 g/mol. The third kappa shape index (κ3) is 4.14. The summed E-state index contributed by atoms with van der Waals surface area (Å²) in [5, 5.41) is 0. The highest BCUT2D eigenvalue weighted by Crippen LogP contribution is 2.65. The molecule has 0 atom stereocenters. The lowest BCUT2D eigenvalue weighted by Crippen LogP contribution is -2.28. The second kappa shape index (κ2) is 11.3. The molecule has 0 saturated carbocycles. The molecule has 0 amide bonds. The zero-order valence-electron chi connectivity index (χ0n) is 27.5. The summed E-state index contributed by atoms with van der Waals surface area (Å²) in [7, 11) is 0. The van der Waals surface area contributed by atoms with E-state index < -0.39 is 5.41 Å². The van der Waals surface area contributed by atoms with Gasteiger partial charge in [0.2, 0.25) is 0 Å². The molecule has 234 valence electrons. The molecule has 0 saturated heterocycles. The number of para-hydroxylation sites is 1. The molecule has 0 unspecified atom stereocenters. The van der Waals surface area contributed by atoms with Crippen LogP contribution in [-0.2, 0) is 5.41 Å². The summed E-state index contributed by atoms with van der Waals surface area (Å²) >= 11 is 0. The van der Waals surface area contributed by atoms with Gasteiger partial charge < -0.3 is 4.90 Å². The third-order valence-corrected chi connectivity index (χ3v) is 10.7. The molecule has 0 aromatic heterocycles. The molecule has 50 heavy (non-hydrogen) atoms. The first kappa shape index (κ1) is 28.6. The van der Waals surface area contributed by atoms with Crippen LogP contribution >= 0.6 is 0 Å². The highest BCUT2D eigenvalue weighted by Gasteiger charge is 2.53. The fourth-order valence-electron chi connectivity index (χ4n) is 8.61. The predicted molar refractivity (Wildman–Crippen MR) is 208 cm³/mol. The number of hydrogen-bond donors (Lipinski definition) is 0. The van der Waals surface area contributed by atoms with E-state index in [4.69, 9.17) is 0 Å². The first-order valence-corrected chi connectivity index (χ1v) is 17.4.